The van der Waals surface area contributed by atoms with Crippen LogP contribution in [0.4, 0.5) is 0 Å². The molecule has 1 nitrogen and oxygen atoms in total. The molecule has 1 aromatic rings. The molecule has 0 bridgehead atoms. The summed E-state index contributed by atoms with van der Waals surface area (Å²) in [6, 6.07) is 7.98. The van der Waals surface area contributed by atoms with E-state index in [1.165, 1.54) is 12.0 Å². The second-order valence-electron chi connectivity index (χ2n) is 6.26. The van der Waals surface area contributed by atoms with Crippen LogP contribution >= 0.6 is 11.6 Å². The van der Waals surface area contributed by atoms with Gasteiger partial charge in [0.15, 0.2) is 0 Å². The molecular weight excluding hydrogens is 230 g/mol. The minimum atomic E-state index is 0.115. The van der Waals surface area contributed by atoms with Crippen molar-refractivity contribution in [3.63, 3.8) is 0 Å². The van der Waals surface area contributed by atoms with E-state index in [0.29, 0.717) is 11.3 Å². The quantitative estimate of drug-likeness (QED) is 0.819. The summed E-state index contributed by atoms with van der Waals surface area (Å²) in [5, 5.41) is 0.767. The Morgan fingerprint density at radius 1 is 1.18 bits per heavy atom. The largest absolute Gasteiger partial charge is 0.324 e. The molecule has 0 amide bonds. The van der Waals surface area contributed by atoms with Crippen LogP contribution in [0.15, 0.2) is 24.3 Å². The van der Waals surface area contributed by atoms with E-state index in [9.17, 15) is 0 Å². The fourth-order valence-corrected chi connectivity index (χ4v) is 2.53. The summed E-state index contributed by atoms with van der Waals surface area (Å²) in [5.41, 5.74) is 7.77. The highest BCUT2D eigenvalue weighted by molar-refractivity contribution is 6.30. The standard InChI is InChI=1S/C15H24ClN/c1-11(10-15(2,3)4)9-14(17)12-5-7-13(16)8-6-12/h5-8,11,14H,9-10,17H2,1-4H3. The smallest absolute Gasteiger partial charge is 0.0406 e. The van der Waals surface area contributed by atoms with Crippen molar-refractivity contribution in [1.29, 1.82) is 0 Å². The van der Waals surface area contributed by atoms with Crippen LogP contribution in [0.25, 0.3) is 0 Å². The van der Waals surface area contributed by atoms with Gasteiger partial charge in [0, 0.05) is 11.1 Å². The first-order chi connectivity index (χ1) is 7.78. The predicted octanol–water partition coefficient (Wildman–Crippen LogP) is 4.80. The molecule has 0 saturated carbocycles. The Bertz CT molecular complexity index is 337. The average molecular weight is 254 g/mol. The van der Waals surface area contributed by atoms with E-state index < -0.39 is 0 Å². The van der Waals surface area contributed by atoms with Gasteiger partial charge in [-0.15, -0.1) is 0 Å². The Kier molecular flexibility index (Phi) is 5.03. The monoisotopic (exact) mass is 253 g/mol. The zero-order valence-corrected chi connectivity index (χ0v) is 12.1. The zero-order chi connectivity index (χ0) is 13.1. The van der Waals surface area contributed by atoms with Crippen LogP contribution in [-0.4, -0.2) is 0 Å². The highest BCUT2D eigenvalue weighted by atomic mass is 35.5. The van der Waals surface area contributed by atoms with Crippen LogP contribution in [0, 0.1) is 11.3 Å². The van der Waals surface area contributed by atoms with E-state index in [-0.39, 0.29) is 6.04 Å². The molecular formula is C15H24ClN. The Morgan fingerprint density at radius 3 is 2.18 bits per heavy atom. The molecule has 1 rings (SSSR count). The van der Waals surface area contributed by atoms with E-state index >= 15 is 0 Å². The van der Waals surface area contributed by atoms with Gasteiger partial charge in [0.2, 0.25) is 0 Å². The van der Waals surface area contributed by atoms with Crippen molar-refractivity contribution in [3.05, 3.63) is 34.9 Å². The molecule has 2 unspecified atom stereocenters. The van der Waals surface area contributed by atoms with Crippen molar-refractivity contribution in [2.24, 2.45) is 17.1 Å². The number of halogens is 1. The van der Waals surface area contributed by atoms with Gasteiger partial charge >= 0.3 is 0 Å². The van der Waals surface area contributed by atoms with Crippen LogP contribution in [0.3, 0.4) is 0 Å². The van der Waals surface area contributed by atoms with Crippen molar-refractivity contribution in [1.82, 2.24) is 0 Å². The van der Waals surface area contributed by atoms with Gasteiger partial charge in [-0.2, -0.15) is 0 Å². The molecule has 2 N–H and O–H groups in total. The second kappa shape index (κ2) is 5.88. The SMILES string of the molecule is CC(CC(N)c1ccc(Cl)cc1)CC(C)(C)C. The topological polar surface area (TPSA) is 26.0 Å². The lowest BCUT2D eigenvalue weighted by atomic mass is 9.82. The summed E-state index contributed by atoms with van der Waals surface area (Å²) in [7, 11) is 0. The molecule has 0 aliphatic rings. The maximum absolute atomic E-state index is 6.22. The highest BCUT2D eigenvalue weighted by Crippen LogP contribution is 2.29. The fourth-order valence-electron chi connectivity index (χ4n) is 2.41. The van der Waals surface area contributed by atoms with Crippen molar-refractivity contribution in [2.75, 3.05) is 0 Å². The maximum atomic E-state index is 6.22. The maximum Gasteiger partial charge on any atom is 0.0406 e. The van der Waals surface area contributed by atoms with Gasteiger partial charge in [0.25, 0.3) is 0 Å². The summed E-state index contributed by atoms with van der Waals surface area (Å²) < 4.78 is 0. The lowest BCUT2D eigenvalue weighted by Crippen LogP contribution is -2.18. The second-order valence-corrected chi connectivity index (χ2v) is 6.70. The minimum Gasteiger partial charge on any atom is -0.324 e. The molecule has 0 heterocycles. The molecule has 2 atom stereocenters. The molecule has 0 radical (unpaired) electrons. The molecule has 0 spiro atoms. The Labute approximate surface area is 110 Å². The van der Waals surface area contributed by atoms with Crippen LogP contribution in [-0.2, 0) is 0 Å². The minimum absolute atomic E-state index is 0.115. The molecule has 0 fully saturated rings. The van der Waals surface area contributed by atoms with E-state index in [0.717, 1.165) is 11.4 Å². The van der Waals surface area contributed by atoms with Gasteiger partial charge < -0.3 is 5.73 Å². The van der Waals surface area contributed by atoms with Gasteiger partial charge in [0.05, 0.1) is 0 Å². The summed E-state index contributed by atoms with van der Waals surface area (Å²) in [5.74, 6) is 0.640. The lowest BCUT2D eigenvalue weighted by Gasteiger charge is -2.25. The molecule has 0 aromatic heterocycles. The van der Waals surface area contributed by atoms with E-state index in [4.69, 9.17) is 17.3 Å². The van der Waals surface area contributed by atoms with Gasteiger partial charge in [-0.25, -0.2) is 0 Å². The third-order valence-electron chi connectivity index (χ3n) is 2.92. The molecule has 0 aliphatic carbocycles. The molecule has 0 saturated heterocycles. The van der Waals surface area contributed by atoms with E-state index in [1.807, 2.05) is 24.3 Å². The third kappa shape index (κ3) is 5.56. The Hall–Kier alpha value is -0.530. The summed E-state index contributed by atoms with van der Waals surface area (Å²) >= 11 is 5.87. The van der Waals surface area contributed by atoms with Gasteiger partial charge in [-0.1, -0.05) is 51.4 Å². The van der Waals surface area contributed by atoms with Crippen molar-refractivity contribution < 1.29 is 0 Å². The van der Waals surface area contributed by atoms with Gasteiger partial charge in [-0.05, 0) is 41.9 Å². The number of hydrogen-bond acceptors (Lipinski definition) is 1. The summed E-state index contributed by atoms with van der Waals surface area (Å²) in [6.45, 7) is 9.10. The number of hydrogen-bond donors (Lipinski definition) is 1. The van der Waals surface area contributed by atoms with E-state index in [1.54, 1.807) is 0 Å². The van der Waals surface area contributed by atoms with Crippen LogP contribution in [0.2, 0.25) is 5.02 Å². The molecule has 2 heteroatoms. The molecule has 96 valence electrons. The number of nitrogens with two attached hydrogens (primary N) is 1. The van der Waals surface area contributed by atoms with Crippen LogP contribution in [0.1, 0.15) is 52.1 Å². The number of rotatable bonds is 4. The Balaban J connectivity index is 2.54. The van der Waals surface area contributed by atoms with Gasteiger partial charge in [0.1, 0.15) is 0 Å². The highest BCUT2D eigenvalue weighted by Gasteiger charge is 2.18. The summed E-state index contributed by atoms with van der Waals surface area (Å²) in [4.78, 5) is 0. The zero-order valence-electron chi connectivity index (χ0n) is 11.3. The first kappa shape index (κ1) is 14.5. The van der Waals surface area contributed by atoms with Crippen molar-refractivity contribution in [3.8, 4) is 0 Å². The van der Waals surface area contributed by atoms with Crippen molar-refractivity contribution >= 4 is 11.6 Å². The lowest BCUT2D eigenvalue weighted by molar-refractivity contribution is 0.286. The molecule has 17 heavy (non-hydrogen) atoms. The average Bonchev–Trinajstić information content (AvgIpc) is 2.15. The van der Waals surface area contributed by atoms with Crippen LogP contribution < -0.4 is 5.73 Å². The van der Waals surface area contributed by atoms with E-state index in [2.05, 4.69) is 27.7 Å². The van der Waals surface area contributed by atoms with Gasteiger partial charge in [-0.3, -0.25) is 0 Å². The fraction of sp³-hybridized carbons (Fsp3) is 0.600. The Morgan fingerprint density at radius 2 is 1.71 bits per heavy atom. The first-order valence-electron chi connectivity index (χ1n) is 6.29. The third-order valence-corrected chi connectivity index (χ3v) is 3.17. The number of benzene rings is 1. The summed E-state index contributed by atoms with van der Waals surface area (Å²) in [6.07, 6.45) is 2.23. The predicted molar refractivity (Wildman–Crippen MR) is 76.2 cm³/mol. The van der Waals surface area contributed by atoms with Crippen LogP contribution in [0.5, 0.6) is 0 Å². The molecule has 0 aliphatic heterocycles. The van der Waals surface area contributed by atoms with Crippen molar-refractivity contribution in [2.45, 2.75) is 46.6 Å². The molecule has 1 aromatic carbocycles. The first-order valence-corrected chi connectivity index (χ1v) is 6.67. The normalized spacial score (nSPS) is 15.6.